The number of aromatic nitrogens is 1. The molecule has 0 spiro atoms. The molecular formula is C12H18N2OS. The molecule has 0 amide bonds. The van der Waals surface area contributed by atoms with Gasteiger partial charge >= 0.3 is 0 Å². The Morgan fingerprint density at radius 1 is 1.50 bits per heavy atom. The van der Waals surface area contributed by atoms with Crippen molar-refractivity contribution < 1.29 is 4.79 Å². The Morgan fingerprint density at radius 3 is 2.69 bits per heavy atom. The summed E-state index contributed by atoms with van der Waals surface area (Å²) >= 11 is 1.55. The van der Waals surface area contributed by atoms with Gasteiger partial charge in [0.15, 0.2) is 6.29 Å². The normalized spacial score (nSPS) is 19.2. The van der Waals surface area contributed by atoms with E-state index in [-0.39, 0.29) is 0 Å². The molecule has 0 atom stereocenters. The SMILES string of the molecule is CC(C)N1CCC(c2ncc(C=O)s2)CC1. The standard InChI is InChI=1S/C12H18N2OS/c1-9(2)14-5-3-10(4-6-14)12-13-7-11(8-15)16-12/h7-10H,3-6H2,1-2H3. The van der Waals surface area contributed by atoms with Gasteiger partial charge in [0, 0.05) is 18.2 Å². The lowest BCUT2D eigenvalue weighted by Crippen LogP contribution is -2.37. The fourth-order valence-electron chi connectivity index (χ4n) is 2.21. The summed E-state index contributed by atoms with van der Waals surface area (Å²) in [6, 6.07) is 0.641. The average Bonchev–Trinajstić information content (AvgIpc) is 2.77. The molecule has 0 N–H and O–H groups in total. The molecule has 4 heteroatoms. The Labute approximate surface area is 100 Å². The number of aldehydes is 1. The molecule has 1 aromatic heterocycles. The first-order chi connectivity index (χ1) is 7.70. The third-order valence-electron chi connectivity index (χ3n) is 3.27. The third-order valence-corrected chi connectivity index (χ3v) is 4.35. The summed E-state index contributed by atoms with van der Waals surface area (Å²) in [7, 11) is 0. The topological polar surface area (TPSA) is 33.2 Å². The van der Waals surface area contributed by atoms with Gasteiger partial charge < -0.3 is 4.90 Å². The number of rotatable bonds is 3. The molecule has 1 aromatic rings. The van der Waals surface area contributed by atoms with Gasteiger partial charge in [-0.15, -0.1) is 11.3 Å². The highest BCUT2D eigenvalue weighted by atomic mass is 32.1. The first-order valence-corrected chi connectivity index (χ1v) is 6.67. The Bertz CT molecular complexity index is 354. The van der Waals surface area contributed by atoms with E-state index < -0.39 is 0 Å². The van der Waals surface area contributed by atoms with E-state index in [4.69, 9.17) is 0 Å². The number of hydrogen-bond donors (Lipinski definition) is 0. The highest BCUT2D eigenvalue weighted by Gasteiger charge is 2.23. The van der Waals surface area contributed by atoms with Gasteiger partial charge in [-0.25, -0.2) is 4.98 Å². The van der Waals surface area contributed by atoms with Crippen LogP contribution in [0.1, 0.15) is 47.3 Å². The summed E-state index contributed by atoms with van der Waals surface area (Å²) in [4.78, 5) is 18.2. The van der Waals surface area contributed by atoms with Crippen LogP contribution in [0.25, 0.3) is 0 Å². The van der Waals surface area contributed by atoms with Gasteiger partial charge in [0.05, 0.1) is 9.88 Å². The lowest BCUT2D eigenvalue weighted by atomic mass is 9.97. The van der Waals surface area contributed by atoms with E-state index in [0.29, 0.717) is 12.0 Å². The Kier molecular flexibility index (Phi) is 3.71. The maximum absolute atomic E-state index is 10.6. The molecule has 0 bridgehead atoms. The molecule has 88 valence electrons. The van der Waals surface area contributed by atoms with Crippen LogP contribution < -0.4 is 0 Å². The van der Waals surface area contributed by atoms with E-state index in [1.165, 1.54) is 12.8 Å². The van der Waals surface area contributed by atoms with E-state index in [2.05, 4.69) is 23.7 Å². The van der Waals surface area contributed by atoms with Gasteiger partial charge in [-0.3, -0.25) is 4.79 Å². The number of thiazole rings is 1. The highest BCUT2D eigenvalue weighted by molar-refractivity contribution is 7.13. The summed E-state index contributed by atoms with van der Waals surface area (Å²) in [6.45, 7) is 6.79. The maximum Gasteiger partial charge on any atom is 0.161 e. The van der Waals surface area contributed by atoms with Crippen LogP contribution in [0.15, 0.2) is 6.20 Å². The molecule has 1 aliphatic rings. The van der Waals surface area contributed by atoms with Crippen LogP contribution in [-0.4, -0.2) is 35.3 Å². The van der Waals surface area contributed by atoms with Crippen molar-refractivity contribution in [2.24, 2.45) is 0 Å². The smallest absolute Gasteiger partial charge is 0.161 e. The minimum atomic E-state index is 0.564. The second-order valence-electron chi connectivity index (χ2n) is 4.62. The van der Waals surface area contributed by atoms with Crippen LogP contribution in [0.4, 0.5) is 0 Å². The molecule has 0 unspecified atom stereocenters. The minimum Gasteiger partial charge on any atom is -0.301 e. The monoisotopic (exact) mass is 238 g/mol. The van der Waals surface area contributed by atoms with Crippen molar-refractivity contribution in [2.45, 2.75) is 38.6 Å². The summed E-state index contributed by atoms with van der Waals surface area (Å²) in [6.07, 6.45) is 4.93. The Morgan fingerprint density at radius 2 is 2.19 bits per heavy atom. The molecule has 1 aliphatic heterocycles. The van der Waals surface area contributed by atoms with E-state index in [1.54, 1.807) is 17.5 Å². The van der Waals surface area contributed by atoms with Gasteiger partial charge in [0.25, 0.3) is 0 Å². The van der Waals surface area contributed by atoms with E-state index in [1.807, 2.05) is 0 Å². The fourth-order valence-corrected chi connectivity index (χ4v) is 3.11. The zero-order chi connectivity index (χ0) is 11.5. The van der Waals surface area contributed by atoms with Crippen LogP contribution in [-0.2, 0) is 0 Å². The van der Waals surface area contributed by atoms with Crippen LogP contribution >= 0.6 is 11.3 Å². The van der Waals surface area contributed by atoms with E-state index in [0.717, 1.165) is 29.3 Å². The van der Waals surface area contributed by atoms with Crippen molar-refractivity contribution in [2.75, 3.05) is 13.1 Å². The second-order valence-corrected chi connectivity index (χ2v) is 5.72. The Balaban J connectivity index is 1.96. The van der Waals surface area contributed by atoms with Crippen LogP contribution in [0.2, 0.25) is 0 Å². The zero-order valence-corrected chi connectivity index (χ0v) is 10.7. The van der Waals surface area contributed by atoms with E-state index >= 15 is 0 Å². The zero-order valence-electron chi connectivity index (χ0n) is 9.85. The summed E-state index contributed by atoms with van der Waals surface area (Å²) in [5, 5.41) is 1.14. The number of carbonyl (C=O) groups is 1. The molecule has 0 radical (unpaired) electrons. The summed E-state index contributed by atoms with van der Waals surface area (Å²) in [5.74, 6) is 0.564. The first kappa shape index (κ1) is 11.7. The number of carbonyl (C=O) groups excluding carboxylic acids is 1. The quantitative estimate of drug-likeness (QED) is 0.759. The Hall–Kier alpha value is -0.740. The van der Waals surface area contributed by atoms with Gasteiger partial charge in [0.2, 0.25) is 0 Å². The number of hydrogen-bond acceptors (Lipinski definition) is 4. The summed E-state index contributed by atoms with van der Waals surface area (Å²) in [5.41, 5.74) is 0. The predicted molar refractivity (Wildman–Crippen MR) is 66.2 cm³/mol. The van der Waals surface area contributed by atoms with Crippen LogP contribution in [0.5, 0.6) is 0 Å². The molecule has 2 rings (SSSR count). The van der Waals surface area contributed by atoms with Crippen molar-refractivity contribution in [1.29, 1.82) is 0 Å². The second kappa shape index (κ2) is 5.06. The lowest BCUT2D eigenvalue weighted by Gasteiger charge is -2.33. The molecule has 2 heterocycles. The van der Waals surface area contributed by atoms with Crippen molar-refractivity contribution in [3.8, 4) is 0 Å². The molecule has 1 saturated heterocycles. The molecule has 3 nitrogen and oxygen atoms in total. The average molecular weight is 238 g/mol. The van der Waals surface area contributed by atoms with Gasteiger partial charge in [-0.05, 0) is 39.8 Å². The minimum absolute atomic E-state index is 0.564. The molecular weight excluding hydrogens is 220 g/mol. The first-order valence-electron chi connectivity index (χ1n) is 5.85. The van der Waals surface area contributed by atoms with Gasteiger partial charge in [-0.1, -0.05) is 0 Å². The largest absolute Gasteiger partial charge is 0.301 e. The molecule has 0 aliphatic carbocycles. The third kappa shape index (κ3) is 2.50. The maximum atomic E-state index is 10.6. The van der Waals surface area contributed by atoms with Crippen molar-refractivity contribution in [1.82, 2.24) is 9.88 Å². The number of likely N-dealkylation sites (tertiary alicyclic amines) is 1. The van der Waals surface area contributed by atoms with Crippen LogP contribution in [0.3, 0.4) is 0 Å². The molecule has 16 heavy (non-hydrogen) atoms. The predicted octanol–water partition coefficient (Wildman–Crippen LogP) is 2.54. The molecule has 0 aromatic carbocycles. The summed E-state index contributed by atoms with van der Waals surface area (Å²) < 4.78 is 0. The molecule has 0 saturated carbocycles. The van der Waals surface area contributed by atoms with Crippen molar-refractivity contribution >= 4 is 17.6 Å². The van der Waals surface area contributed by atoms with Crippen molar-refractivity contribution in [3.63, 3.8) is 0 Å². The van der Waals surface area contributed by atoms with Crippen LogP contribution in [0, 0.1) is 0 Å². The van der Waals surface area contributed by atoms with E-state index in [9.17, 15) is 4.79 Å². The van der Waals surface area contributed by atoms with Gasteiger partial charge in [-0.2, -0.15) is 0 Å². The highest BCUT2D eigenvalue weighted by Crippen LogP contribution is 2.31. The number of nitrogens with zero attached hydrogens (tertiary/aromatic N) is 2. The number of piperidine rings is 1. The fraction of sp³-hybridized carbons (Fsp3) is 0.667. The van der Waals surface area contributed by atoms with Crippen molar-refractivity contribution in [3.05, 3.63) is 16.1 Å². The lowest BCUT2D eigenvalue weighted by molar-refractivity contribution is 0.112. The molecule has 1 fully saturated rings. The van der Waals surface area contributed by atoms with Gasteiger partial charge in [0.1, 0.15) is 0 Å².